The van der Waals surface area contributed by atoms with E-state index >= 15 is 0 Å². The number of methoxy groups -OCH3 is 1. The molecule has 0 radical (unpaired) electrons. The topological polar surface area (TPSA) is 63.6 Å². The molecule has 0 unspecified atom stereocenters. The molecule has 1 aromatic rings. The van der Waals surface area contributed by atoms with Crippen molar-refractivity contribution >= 4 is 11.6 Å². The zero-order chi connectivity index (χ0) is 16.6. The lowest BCUT2D eigenvalue weighted by Crippen LogP contribution is -2.37. The van der Waals surface area contributed by atoms with Crippen molar-refractivity contribution in [3.05, 3.63) is 29.3 Å². The number of ether oxygens (including phenoxy) is 1. The number of benzene rings is 1. The summed E-state index contributed by atoms with van der Waals surface area (Å²) in [5.41, 5.74) is 1.07. The Morgan fingerprint density at radius 3 is 2.70 bits per heavy atom. The number of fused-ring (bicyclic) bond motifs is 2. The molecular weight excluding hydrogens is 292 g/mol. The molecule has 0 bridgehead atoms. The predicted octanol–water partition coefficient (Wildman–Crippen LogP) is 2.95. The van der Waals surface area contributed by atoms with Crippen LogP contribution in [-0.2, 0) is 11.2 Å². The van der Waals surface area contributed by atoms with Crippen molar-refractivity contribution in [1.29, 1.82) is 0 Å². The Kier molecular flexibility index (Phi) is 4.28. The molecule has 23 heavy (non-hydrogen) atoms. The van der Waals surface area contributed by atoms with Crippen LogP contribution in [0, 0.1) is 11.3 Å². The Labute approximate surface area is 136 Å². The maximum atomic E-state index is 12.6. The number of ketones is 2. The molecule has 4 heteroatoms. The maximum absolute atomic E-state index is 12.6. The molecule has 0 saturated heterocycles. The van der Waals surface area contributed by atoms with Gasteiger partial charge in [-0.25, -0.2) is 0 Å². The van der Waals surface area contributed by atoms with Crippen molar-refractivity contribution < 1.29 is 19.4 Å². The number of rotatable bonds is 1. The van der Waals surface area contributed by atoms with Gasteiger partial charge in [0.25, 0.3) is 0 Å². The molecule has 0 amide bonds. The Bertz CT molecular complexity index is 636. The lowest BCUT2D eigenvalue weighted by Gasteiger charge is -2.34. The van der Waals surface area contributed by atoms with Gasteiger partial charge in [-0.3, -0.25) is 9.59 Å². The van der Waals surface area contributed by atoms with Crippen LogP contribution in [0.25, 0.3) is 0 Å². The standard InChI is InChI=1S/C19H24O4/c1-19-10-9-16(20)14-5-4-13(23-2)11-12(14)3-7-17(21)15(19)6-8-18(19)22/h4-5,11,15,17,21H,3,6-10H2,1-2H3/t15-,17+,19-/m0/s1. The fourth-order valence-corrected chi connectivity index (χ4v) is 4.23. The van der Waals surface area contributed by atoms with Gasteiger partial charge in [-0.15, -0.1) is 0 Å². The van der Waals surface area contributed by atoms with E-state index in [-0.39, 0.29) is 17.5 Å². The summed E-state index contributed by atoms with van der Waals surface area (Å²) < 4.78 is 5.25. The highest BCUT2D eigenvalue weighted by molar-refractivity contribution is 5.98. The molecular formula is C19H24O4. The second-order valence-electron chi connectivity index (χ2n) is 7.04. The number of aryl methyl sites for hydroxylation is 1. The second kappa shape index (κ2) is 6.08. The molecule has 3 rings (SSSR count). The van der Waals surface area contributed by atoms with E-state index in [1.807, 2.05) is 13.0 Å². The third-order valence-corrected chi connectivity index (χ3v) is 5.80. The molecule has 3 atom stereocenters. The van der Waals surface area contributed by atoms with Gasteiger partial charge in [-0.1, -0.05) is 6.92 Å². The summed E-state index contributed by atoms with van der Waals surface area (Å²) in [5.74, 6) is 0.975. The van der Waals surface area contributed by atoms with Crippen molar-refractivity contribution in [3.63, 3.8) is 0 Å². The average molecular weight is 316 g/mol. The van der Waals surface area contributed by atoms with E-state index in [9.17, 15) is 14.7 Å². The van der Waals surface area contributed by atoms with Crippen molar-refractivity contribution in [2.45, 2.75) is 51.6 Å². The largest absolute Gasteiger partial charge is 0.497 e. The number of carbonyl (C=O) groups is 2. The van der Waals surface area contributed by atoms with E-state index in [4.69, 9.17) is 4.74 Å². The van der Waals surface area contributed by atoms with E-state index in [2.05, 4.69) is 0 Å². The molecule has 2 aliphatic carbocycles. The smallest absolute Gasteiger partial charge is 0.163 e. The van der Waals surface area contributed by atoms with Gasteiger partial charge in [0.2, 0.25) is 0 Å². The van der Waals surface area contributed by atoms with Gasteiger partial charge in [0.05, 0.1) is 13.2 Å². The van der Waals surface area contributed by atoms with Crippen LogP contribution in [0.15, 0.2) is 18.2 Å². The monoisotopic (exact) mass is 316 g/mol. The summed E-state index contributed by atoms with van der Waals surface area (Å²) in [6.45, 7) is 1.93. The minimum Gasteiger partial charge on any atom is -0.497 e. The van der Waals surface area contributed by atoms with Gasteiger partial charge >= 0.3 is 0 Å². The van der Waals surface area contributed by atoms with Crippen LogP contribution in [0.1, 0.15) is 54.9 Å². The van der Waals surface area contributed by atoms with Crippen LogP contribution in [-0.4, -0.2) is 29.9 Å². The quantitative estimate of drug-likeness (QED) is 0.865. The summed E-state index contributed by atoms with van der Waals surface area (Å²) in [7, 11) is 1.61. The molecule has 1 aromatic carbocycles. The molecule has 0 aliphatic heterocycles. The number of aliphatic hydroxyl groups is 1. The van der Waals surface area contributed by atoms with Crippen LogP contribution < -0.4 is 4.74 Å². The van der Waals surface area contributed by atoms with Crippen LogP contribution in [0.4, 0.5) is 0 Å². The minimum absolute atomic E-state index is 0.0324. The van der Waals surface area contributed by atoms with Gasteiger partial charge < -0.3 is 9.84 Å². The van der Waals surface area contributed by atoms with Gasteiger partial charge in [-0.2, -0.15) is 0 Å². The maximum Gasteiger partial charge on any atom is 0.163 e. The van der Waals surface area contributed by atoms with Crippen LogP contribution in [0.3, 0.4) is 0 Å². The number of carbonyl (C=O) groups excluding carboxylic acids is 2. The Hall–Kier alpha value is -1.68. The molecule has 1 saturated carbocycles. The lowest BCUT2D eigenvalue weighted by atomic mass is 9.70. The number of hydrogen-bond donors (Lipinski definition) is 1. The number of Topliss-reactive ketones (excluding diaryl/α,β-unsaturated/α-hetero) is 2. The number of hydrogen-bond acceptors (Lipinski definition) is 4. The zero-order valence-corrected chi connectivity index (χ0v) is 13.8. The van der Waals surface area contributed by atoms with Gasteiger partial charge in [-0.05, 0) is 55.4 Å². The van der Waals surface area contributed by atoms with Crippen molar-refractivity contribution in [2.75, 3.05) is 7.11 Å². The highest BCUT2D eigenvalue weighted by Crippen LogP contribution is 2.47. The van der Waals surface area contributed by atoms with E-state index < -0.39 is 11.5 Å². The van der Waals surface area contributed by atoms with Crippen LogP contribution >= 0.6 is 0 Å². The lowest BCUT2D eigenvalue weighted by molar-refractivity contribution is -0.128. The second-order valence-corrected chi connectivity index (χ2v) is 7.04. The average Bonchev–Trinajstić information content (AvgIpc) is 2.85. The van der Waals surface area contributed by atoms with Crippen molar-refractivity contribution in [3.8, 4) is 5.75 Å². The Morgan fingerprint density at radius 2 is 1.96 bits per heavy atom. The molecule has 4 nitrogen and oxygen atoms in total. The molecule has 0 aromatic heterocycles. The van der Waals surface area contributed by atoms with Crippen LogP contribution in [0.5, 0.6) is 5.75 Å². The van der Waals surface area contributed by atoms with E-state index in [0.717, 1.165) is 17.7 Å². The fourth-order valence-electron chi connectivity index (χ4n) is 4.23. The molecule has 0 spiro atoms. The van der Waals surface area contributed by atoms with Crippen LogP contribution in [0.2, 0.25) is 0 Å². The van der Waals surface area contributed by atoms with E-state index in [1.165, 1.54) is 0 Å². The first kappa shape index (κ1) is 16.2. The van der Waals surface area contributed by atoms with E-state index in [1.54, 1.807) is 19.2 Å². The van der Waals surface area contributed by atoms with Crippen molar-refractivity contribution in [2.24, 2.45) is 11.3 Å². The third-order valence-electron chi connectivity index (χ3n) is 5.80. The minimum atomic E-state index is -0.556. The molecule has 124 valence electrons. The number of aliphatic hydroxyl groups excluding tert-OH is 1. The predicted molar refractivity (Wildman–Crippen MR) is 86.7 cm³/mol. The molecule has 1 N–H and O–H groups in total. The zero-order valence-electron chi connectivity index (χ0n) is 13.8. The highest BCUT2D eigenvalue weighted by Gasteiger charge is 2.48. The fraction of sp³-hybridized carbons (Fsp3) is 0.579. The summed E-state index contributed by atoms with van der Waals surface area (Å²) >= 11 is 0. The molecule has 2 aliphatic rings. The highest BCUT2D eigenvalue weighted by atomic mass is 16.5. The Morgan fingerprint density at radius 1 is 1.17 bits per heavy atom. The molecule has 0 heterocycles. The first-order chi connectivity index (χ1) is 11.0. The molecule has 1 fully saturated rings. The SMILES string of the molecule is COc1ccc2c(c1)CC[C@@H](O)[C@@H]1CCC(=O)[C@@]1(C)CCC2=O. The summed E-state index contributed by atoms with van der Waals surface area (Å²) in [6, 6.07) is 5.49. The first-order valence-electron chi connectivity index (χ1n) is 8.37. The van der Waals surface area contributed by atoms with Crippen molar-refractivity contribution in [1.82, 2.24) is 0 Å². The summed E-state index contributed by atoms with van der Waals surface area (Å²) in [4.78, 5) is 25.0. The van der Waals surface area contributed by atoms with E-state index in [0.29, 0.717) is 37.7 Å². The van der Waals surface area contributed by atoms with Gasteiger partial charge in [0.15, 0.2) is 5.78 Å². The summed E-state index contributed by atoms with van der Waals surface area (Å²) in [5, 5.41) is 10.6. The summed E-state index contributed by atoms with van der Waals surface area (Å²) in [6.07, 6.45) is 2.82. The third kappa shape index (κ3) is 2.80. The normalized spacial score (nSPS) is 31.4. The van der Waals surface area contributed by atoms with Gasteiger partial charge in [0, 0.05) is 23.8 Å². The van der Waals surface area contributed by atoms with Gasteiger partial charge in [0.1, 0.15) is 11.5 Å². The Balaban J connectivity index is 1.96. The first-order valence-corrected chi connectivity index (χ1v) is 8.37.